The number of fused-ring (bicyclic) bond motifs is 2. The molecular weight excluding hydrogens is 392 g/mol. The maximum atomic E-state index is 13.2. The Kier molecular flexibility index (Phi) is 4.77. The normalized spacial score (nSPS) is 30.2. The molecule has 0 radical (unpaired) electrons. The minimum absolute atomic E-state index is 0.119. The molecule has 2 saturated carbocycles. The molecule has 1 aliphatic heterocycles. The lowest BCUT2D eigenvalue weighted by Gasteiger charge is -2.27. The van der Waals surface area contributed by atoms with Crippen molar-refractivity contribution in [2.75, 3.05) is 13.7 Å². The van der Waals surface area contributed by atoms with Gasteiger partial charge < -0.3 is 20.5 Å². The third kappa shape index (κ3) is 3.12. The van der Waals surface area contributed by atoms with E-state index in [2.05, 4.69) is 29.7 Å². The van der Waals surface area contributed by atoms with Crippen LogP contribution < -0.4 is 15.4 Å². The zero-order valence-electron chi connectivity index (χ0n) is 17.9. The quantitative estimate of drug-likeness (QED) is 0.694. The van der Waals surface area contributed by atoms with Crippen molar-refractivity contribution in [3.63, 3.8) is 0 Å². The predicted molar refractivity (Wildman–Crippen MR) is 116 cm³/mol. The average molecular weight is 421 g/mol. The topological polar surface area (TPSA) is 87.7 Å². The summed E-state index contributed by atoms with van der Waals surface area (Å²) in [6.07, 6.45) is 2.05. The summed E-state index contributed by atoms with van der Waals surface area (Å²) in [5.41, 5.74) is 2.46. The summed E-state index contributed by atoms with van der Waals surface area (Å²) in [4.78, 5) is 25.8. The van der Waals surface area contributed by atoms with Crippen molar-refractivity contribution < 1.29 is 19.4 Å². The summed E-state index contributed by atoms with van der Waals surface area (Å²) < 4.78 is 6.09. The monoisotopic (exact) mass is 420 g/mol. The Morgan fingerprint density at radius 3 is 2.48 bits per heavy atom. The molecule has 0 bridgehead atoms. The fraction of sp³-hybridized carbons (Fsp3) is 0.440. The smallest absolute Gasteiger partial charge is 0.254 e. The van der Waals surface area contributed by atoms with Gasteiger partial charge in [0, 0.05) is 24.2 Å². The molecule has 2 fully saturated rings. The molecule has 2 aliphatic carbocycles. The largest absolute Gasteiger partial charge is 0.491 e. The Hall–Kier alpha value is -2.86. The number of carbonyl (C=O) groups is 2. The van der Waals surface area contributed by atoms with Crippen LogP contribution in [0.1, 0.15) is 58.0 Å². The van der Waals surface area contributed by atoms with Crippen molar-refractivity contribution in [2.24, 2.45) is 11.8 Å². The van der Waals surface area contributed by atoms with Gasteiger partial charge >= 0.3 is 0 Å². The van der Waals surface area contributed by atoms with Crippen LogP contribution in [0.5, 0.6) is 5.75 Å². The summed E-state index contributed by atoms with van der Waals surface area (Å²) in [6.45, 7) is 2.54. The van der Waals surface area contributed by atoms with Crippen molar-refractivity contribution in [1.29, 1.82) is 0 Å². The van der Waals surface area contributed by atoms with E-state index in [1.165, 1.54) is 0 Å². The third-order valence-electron chi connectivity index (χ3n) is 7.45. The second-order valence-electron chi connectivity index (χ2n) is 9.02. The Balaban J connectivity index is 1.54. The number of hydrogen-bond donors (Lipinski definition) is 3. The van der Waals surface area contributed by atoms with E-state index in [9.17, 15) is 14.7 Å². The highest BCUT2D eigenvalue weighted by molar-refractivity contribution is 6.02. The fourth-order valence-corrected chi connectivity index (χ4v) is 5.60. The number of hydrogen-bond acceptors (Lipinski definition) is 4. The highest BCUT2D eigenvalue weighted by atomic mass is 16.5. The number of aliphatic hydroxyl groups excluding tert-OH is 1. The lowest BCUT2D eigenvalue weighted by Crippen LogP contribution is -2.31. The van der Waals surface area contributed by atoms with Gasteiger partial charge in [0.15, 0.2) is 0 Å². The van der Waals surface area contributed by atoms with Gasteiger partial charge in [-0.1, -0.05) is 37.3 Å². The van der Waals surface area contributed by atoms with Gasteiger partial charge in [-0.2, -0.15) is 0 Å². The SMILES string of the molecule is CC[C@@]1(c2ccccc2)COc2c(C(=O)NC)cc(C(=O)N[C@H]3[C@@H]4C[C@@H](O)C[C@@H]43)cc21. The van der Waals surface area contributed by atoms with Crippen molar-refractivity contribution in [3.05, 3.63) is 64.7 Å². The molecule has 3 aliphatic rings. The molecule has 0 saturated heterocycles. The van der Waals surface area contributed by atoms with Crippen molar-refractivity contribution in [2.45, 2.75) is 43.7 Å². The molecule has 3 N–H and O–H groups in total. The minimum Gasteiger partial charge on any atom is -0.491 e. The second kappa shape index (κ2) is 7.38. The van der Waals surface area contributed by atoms with Crippen LogP contribution in [0.2, 0.25) is 0 Å². The van der Waals surface area contributed by atoms with Crippen molar-refractivity contribution in [1.82, 2.24) is 10.6 Å². The maximum absolute atomic E-state index is 13.2. The van der Waals surface area contributed by atoms with Crippen molar-refractivity contribution >= 4 is 11.8 Å². The number of nitrogens with one attached hydrogen (secondary N) is 2. The highest BCUT2D eigenvalue weighted by Gasteiger charge is 2.56. The number of carbonyl (C=O) groups excluding carboxylic acids is 2. The first kappa shape index (κ1) is 20.1. The van der Waals surface area contributed by atoms with Crippen LogP contribution in [0, 0.1) is 11.8 Å². The van der Waals surface area contributed by atoms with E-state index in [-0.39, 0.29) is 24.0 Å². The molecule has 6 nitrogen and oxygen atoms in total. The summed E-state index contributed by atoms with van der Waals surface area (Å²) in [5.74, 6) is 0.862. The number of rotatable bonds is 5. The molecule has 0 unspecified atom stereocenters. The zero-order valence-corrected chi connectivity index (χ0v) is 17.9. The molecule has 2 aromatic carbocycles. The predicted octanol–water partition coefficient (Wildman–Crippen LogP) is 2.63. The number of benzene rings is 2. The van der Waals surface area contributed by atoms with E-state index < -0.39 is 5.41 Å². The standard InChI is InChI=1S/C25H28N2O4/c1-3-25(15-7-5-4-6-8-15)13-31-22-19(24(30)26-2)9-14(10-20(22)25)23(29)27-21-17-11-16(28)12-18(17)21/h4-10,16-18,21,28H,3,11-13H2,1-2H3,(H,26,30)(H,27,29)/t16-,17-,18+,21+,25-/m0/s1. The van der Waals surface area contributed by atoms with Crippen LogP contribution in [0.25, 0.3) is 0 Å². The third-order valence-corrected chi connectivity index (χ3v) is 7.45. The summed E-state index contributed by atoms with van der Waals surface area (Å²) in [6, 6.07) is 13.8. The molecule has 31 heavy (non-hydrogen) atoms. The van der Waals surface area contributed by atoms with Crippen LogP contribution in [-0.2, 0) is 5.41 Å². The van der Waals surface area contributed by atoms with Gasteiger partial charge in [0.25, 0.3) is 11.8 Å². The second-order valence-corrected chi connectivity index (χ2v) is 9.02. The summed E-state index contributed by atoms with van der Waals surface area (Å²) in [7, 11) is 1.58. The van der Waals surface area contributed by atoms with Crippen LogP contribution in [0.4, 0.5) is 0 Å². The Labute approximate surface area is 182 Å². The first-order valence-electron chi connectivity index (χ1n) is 11.1. The summed E-state index contributed by atoms with van der Waals surface area (Å²) >= 11 is 0. The van der Waals surface area contributed by atoms with Gasteiger partial charge in [-0.15, -0.1) is 0 Å². The van der Waals surface area contributed by atoms with Gasteiger partial charge in [0.05, 0.1) is 17.1 Å². The number of ether oxygens (including phenoxy) is 1. The Morgan fingerprint density at radius 2 is 1.84 bits per heavy atom. The molecule has 162 valence electrons. The maximum Gasteiger partial charge on any atom is 0.254 e. The van der Waals surface area contributed by atoms with Gasteiger partial charge in [-0.25, -0.2) is 0 Å². The zero-order chi connectivity index (χ0) is 21.8. The van der Waals surface area contributed by atoms with Crippen LogP contribution >= 0.6 is 0 Å². The fourth-order valence-electron chi connectivity index (χ4n) is 5.60. The molecule has 0 spiro atoms. The molecule has 2 aromatic rings. The van der Waals surface area contributed by atoms with Gasteiger partial charge in [-0.05, 0) is 48.8 Å². The molecule has 5 rings (SSSR count). The lowest BCUT2D eigenvalue weighted by molar-refractivity contribution is 0.0937. The first-order chi connectivity index (χ1) is 15.0. The lowest BCUT2D eigenvalue weighted by atomic mass is 9.73. The summed E-state index contributed by atoms with van der Waals surface area (Å²) in [5, 5.41) is 15.6. The number of amides is 2. The van der Waals surface area contributed by atoms with E-state index in [1.54, 1.807) is 13.1 Å². The number of aliphatic hydroxyl groups is 1. The van der Waals surface area contributed by atoms with Crippen molar-refractivity contribution in [3.8, 4) is 5.75 Å². The van der Waals surface area contributed by atoms with E-state index >= 15 is 0 Å². The molecule has 2 amide bonds. The molecule has 6 heteroatoms. The Bertz CT molecular complexity index is 1030. The molecule has 0 aromatic heterocycles. The molecular formula is C25H28N2O4. The highest BCUT2D eigenvalue weighted by Crippen LogP contribution is 2.52. The molecule has 5 atom stereocenters. The van der Waals surface area contributed by atoms with E-state index in [1.807, 2.05) is 24.3 Å². The van der Waals surface area contributed by atoms with Crippen LogP contribution in [0.3, 0.4) is 0 Å². The van der Waals surface area contributed by atoms with Gasteiger partial charge in [-0.3, -0.25) is 9.59 Å². The first-order valence-corrected chi connectivity index (χ1v) is 11.1. The van der Waals surface area contributed by atoms with E-state index in [4.69, 9.17) is 4.74 Å². The van der Waals surface area contributed by atoms with E-state index in [0.29, 0.717) is 35.3 Å². The van der Waals surface area contributed by atoms with E-state index in [0.717, 1.165) is 30.4 Å². The van der Waals surface area contributed by atoms with Gasteiger partial charge in [0.2, 0.25) is 0 Å². The Morgan fingerprint density at radius 1 is 1.13 bits per heavy atom. The van der Waals surface area contributed by atoms with Crippen LogP contribution in [0.15, 0.2) is 42.5 Å². The average Bonchev–Trinajstić information content (AvgIpc) is 3.13. The minimum atomic E-state index is -0.407. The van der Waals surface area contributed by atoms with Gasteiger partial charge in [0.1, 0.15) is 12.4 Å². The van der Waals surface area contributed by atoms with Crippen LogP contribution in [-0.4, -0.2) is 42.7 Å². The molecule has 1 heterocycles.